The second-order valence-electron chi connectivity index (χ2n) is 5.40. The lowest BCUT2D eigenvalue weighted by Gasteiger charge is -2.37. The molecule has 1 unspecified atom stereocenters. The van der Waals surface area contributed by atoms with Gasteiger partial charge in [0, 0.05) is 11.6 Å². The number of rotatable bonds is 3. The Kier molecular flexibility index (Phi) is 3.49. The van der Waals surface area contributed by atoms with Crippen molar-refractivity contribution in [2.24, 2.45) is 0 Å². The van der Waals surface area contributed by atoms with Crippen LogP contribution in [-0.2, 0) is 0 Å². The fourth-order valence-corrected chi connectivity index (χ4v) is 2.88. The van der Waals surface area contributed by atoms with Crippen molar-refractivity contribution < 1.29 is 0 Å². The molecular formula is C15H20N2. The van der Waals surface area contributed by atoms with Gasteiger partial charge in [-0.15, -0.1) is 0 Å². The van der Waals surface area contributed by atoms with Crippen LogP contribution >= 0.6 is 0 Å². The van der Waals surface area contributed by atoms with Gasteiger partial charge in [-0.25, -0.2) is 0 Å². The molecule has 0 radical (unpaired) electrons. The van der Waals surface area contributed by atoms with Gasteiger partial charge in [0.2, 0.25) is 0 Å². The zero-order chi connectivity index (χ0) is 12.3. The molecule has 2 heteroatoms. The van der Waals surface area contributed by atoms with Crippen molar-refractivity contribution in [3.8, 4) is 6.07 Å². The molecule has 1 saturated heterocycles. The average molecular weight is 228 g/mol. The van der Waals surface area contributed by atoms with Crippen molar-refractivity contribution in [3.05, 3.63) is 35.9 Å². The maximum absolute atomic E-state index is 9.05. The van der Waals surface area contributed by atoms with E-state index >= 15 is 0 Å². The van der Waals surface area contributed by atoms with Crippen LogP contribution in [0, 0.1) is 11.3 Å². The van der Waals surface area contributed by atoms with Gasteiger partial charge < -0.3 is 0 Å². The monoisotopic (exact) mass is 228 g/mol. The normalized spacial score (nSPS) is 21.0. The summed E-state index contributed by atoms with van der Waals surface area (Å²) in [6, 6.07) is 13.0. The van der Waals surface area contributed by atoms with Crippen molar-refractivity contribution in [3.63, 3.8) is 0 Å². The molecule has 2 rings (SSSR count). The first-order valence-electron chi connectivity index (χ1n) is 6.34. The summed E-state index contributed by atoms with van der Waals surface area (Å²) in [5.74, 6) is 0. The second-order valence-corrected chi connectivity index (χ2v) is 5.40. The van der Waals surface area contributed by atoms with E-state index in [1.165, 1.54) is 18.4 Å². The van der Waals surface area contributed by atoms with Crippen LogP contribution in [0.25, 0.3) is 0 Å². The van der Waals surface area contributed by atoms with E-state index < -0.39 is 0 Å². The van der Waals surface area contributed by atoms with Crippen LogP contribution in [0.5, 0.6) is 0 Å². The molecule has 0 spiro atoms. The van der Waals surface area contributed by atoms with E-state index in [1.54, 1.807) is 0 Å². The Morgan fingerprint density at radius 2 is 2.06 bits per heavy atom. The van der Waals surface area contributed by atoms with Crippen LogP contribution < -0.4 is 0 Å². The highest BCUT2D eigenvalue weighted by Gasteiger charge is 2.37. The van der Waals surface area contributed by atoms with Gasteiger partial charge in [-0.2, -0.15) is 5.26 Å². The molecule has 1 atom stereocenters. The maximum atomic E-state index is 9.05. The summed E-state index contributed by atoms with van der Waals surface area (Å²) in [6.45, 7) is 5.68. The van der Waals surface area contributed by atoms with Crippen molar-refractivity contribution in [1.82, 2.24) is 4.90 Å². The Hall–Kier alpha value is -1.33. The molecule has 1 heterocycles. The van der Waals surface area contributed by atoms with Gasteiger partial charge in [0.25, 0.3) is 0 Å². The molecule has 1 fully saturated rings. The number of nitrogens with zero attached hydrogens (tertiary/aromatic N) is 2. The topological polar surface area (TPSA) is 27.0 Å². The molecule has 2 nitrogen and oxygen atoms in total. The molecule has 0 bridgehead atoms. The van der Waals surface area contributed by atoms with Crippen LogP contribution in [0.2, 0.25) is 0 Å². The van der Waals surface area contributed by atoms with Gasteiger partial charge in [-0.1, -0.05) is 30.3 Å². The molecule has 1 aromatic carbocycles. The van der Waals surface area contributed by atoms with Gasteiger partial charge in [-0.05, 0) is 38.8 Å². The lowest BCUT2D eigenvalue weighted by molar-refractivity contribution is 0.117. The van der Waals surface area contributed by atoms with E-state index in [1.807, 2.05) is 6.07 Å². The number of benzene rings is 1. The summed E-state index contributed by atoms with van der Waals surface area (Å²) >= 11 is 0. The number of hydrogen-bond acceptors (Lipinski definition) is 2. The van der Waals surface area contributed by atoms with Crippen LogP contribution in [0.3, 0.4) is 0 Å². The molecule has 90 valence electrons. The minimum atomic E-state index is 0.220. The molecule has 0 amide bonds. The SMILES string of the molecule is CC1(C)CCCN1C(CC#N)c1ccccc1. The minimum Gasteiger partial charge on any atom is -0.290 e. The highest BCUT2D eigenvalue weighted by molar-refractivity contribution is 5.21. The van der Waals surface area contributed by atoms with Crippen molar-refractivity contribution in [2.75, 3.05) is 6.54 Å². The van der Waals surface area contributed by atoms with E-state index in [2.05, 4.69) is 49.1 Å². The van der Waals surface area contributed by atoms with E-state index in [9.17, 15) is 0 Å². The molecule has 0 aromatic heterocycles. The third-order valence-corrected chi connectivity index (χ3v) is 3.81. The summed E-state index contributed by atoms with van der Waals surface area (Å²) in [6.07, 6.45) is 3.04. The van der Waals surface area contributed by atoms with E-state index in [0.717, 1.165) is 6.54 Å². The van der Waals surface area contributed by atoms with Crippen LogP contribution in [-0.4, -0.2) is 17.0 Å². The standard InChI is InChI=1S/C15H20N2/c1-15(2)10-6-12-17(15)14(9-11-16)13-7-4-3-5-8-13/h3-5,7-8,14H,6,9-10,12H2,1-2H3. The number of hydrogen-bond donors (Lipinski definition) is 0. The predicted molar refractivity (Wildman–Crippen MR) is 69.4 cm³/mol. The first kappa shape index (κ1) is 12.1. The first-order valence-corrected chi connectivity index (χ1v) is 6.34. The predicted octanol–water partition coefficient (Wildman–Crippen LogP) is 3.52. The fourth-order valence-electron chi connectivity index (χ4n) is 2.88. The Labute approximate surface area is 104 Å². The Balaban J connectivity index is 2.27. The second kappa shape index (κ2) is 4.89. The third-order valence-electron chi connectivity index (χ3n) is 3.81. The van der Waals surface area contributed by atoms with Crippen molar-refractivity contribution in [2.45, 2.75) is 44.7 Å². The summed E-state index contributed by atoms with van der Waals surface area (Å²) in [7, 11) is 0. The van der Waals surface area contributed by atoms with Gasteiger partial charge in [-0.3, -0.25) is 4.90 Å². The summed E-state index contributed by atoms with van der Waals surface area (Å²) in [5, 5.41) is 9.05. The quantitative estimate of drug-likeness (QED) is 0.791. The fraction of sp³-hybridized carbons (Fsp3) is 0.533. The van der Waals surface area contributed by atoms with Gasteiger partial charge in [0.05, 0.1) is 12.5 Å². The molecule has 0 N–H and O–H groups in total. The van der Waals surface area contributed by atoms with Crippen LogP contribution in [0.4, 0.5) is 0 Å². The molecule has 1 aliphatic rings. The van der Waals surface area contributed by atoms with Gasteiger partial charge in [0.15, 0.2) is 0 Å². The zero-order valence-electron chi connectivity index (χ0n) is 10.7. The van der Waals surface area contributed by atoms with Crippen LogP contribution in [0.1, 0.15) is 44.7 Å². The molecule has 1 aromatic rings. The summed E-state index contributed by atoms with van der Waals surface area (Å²) in [4.78, 5) is 2.49. The Bertz CT molecular complexity index is 403. The minimum absolute atomic E-state index is 0.220. The third kappa shape index (κ3) is 2.50. The number of likely N-dealkylation sites (tertiary alicyclic amines) is 1. The van der Waals surface area contributed by atoms with Crippen molar-refractivity contribution >= 4 is 0 Å². The highest BCUT2D eigenvalue weighted by Crippen LogP contribution is 2.37. The van der Waals surface area contributed by atoms with Crippen LogP contribution in [0.15, 0.2) is 30.3 Å². The van der Waals surface area contributed by atoms with Gasteiger partial charge in [0.1, 0.15) is 0 Å². The Morgan fingerprint density at radius 3 is 2.59 bits per heavy atom. The maximum Gasteiger partial charge on any atom is 0.0641 e. The van der Waals surface area contributed by atoms with E-state index in [-0.39, 0.29) is 11.6 Å². The zero-order valence-corrected chi connectivity index (χ0v) is 10.7. The largest absolute Gasteiger partial charge is 0.290 e. The molecule has 1 aliphatic heterocycles. The Morgan fingerprint density at radius 1 is 1.35 bits per heavy atom. The first-order chi connectivity index (χ1) is 8.15. The molecule has 0 saturated carbocycles. The average Bonchev–Trinajstić information content (AvgIpc) is 2.67. The summed E-state index contributed by atoms with van der Waals surface area (Å²) < 4.78 is 0. The van der Waals surface area contributed by atoms with Crippen molar-refractivity contribution in [1.29, 1.82) is 5.26 Å². The molecule has 17 heavy (non-hydrogen) atoms. The molecule has 0 aliphatic carbocycles. The lowest BCUT2D eigenvalue weighted by atomic mass is 9.96. The molecular weight excluding hydrogens is 208 g/mol. The number of nitriles is 1. The van der Waals surface area contributed by atoms with E-state index in [4.69, 9.17) is 5.26 Å². The van der Waals surface area contributed by atoms with Gasteiger partial charge >= 0.3 is 0 Å². The van der Waals surface area contributed by atoms with E-state index in [0.29, 0.717) is 6.42 Å². The highest BCUT2D eigenvalue weighted by atomic mass is 15.2. The summed E-state index contributed by atoms with van der Waals surface area (Å²) in [5.41, 5.74) is 1.49. The smallest absolute Gasteiger partial charge is 0.0641 e. The lowest BCUT2D eigenvalue weighted by Crippen LogP contribution is -2.40.